The highest BCUT2D eigenvalue weighted by atomic mass is 16.4. The van der Waals surface area contributed by atoms with Gasteiger partial charge < -0.3 is 15.9 Å². The Morgan fingerprint density at radius 1 is 1.16 bits per heavy atom. The fourth-order valence-corrected chi connectivity index (χ4v) is 1.64. The minimum absolute atomic E-state index is 0.0796. The summed E-state index contributed by atoms with van der Waals surface area (Å²) in [7, 11) is 0. The van der Waals surface area contributed by atoms with Crippen LogP contribution in [0.1, 0.15) is 18.4 Å². The van der Waals surface area contributed by atoms with E-state index in [1.54, 1.807) is 6.08 Å². The second kappa shape index (κ2) is 7.33. The van der Waals surface area contributed by atoms with Crippen molar-refractivity contribution in [3.8, 4) is 0 Å². The van der Waals surface area contributed by atoms with Gasteiger partial charge in [-0.25, -0.2) is 0 Å². The zero-order chi connectivity index (χ0) is 14.3. The maximum atomic E-state index is 11.0. The molecule has 0 saturated heterocycles. The van der Waals surface area contributed by atoms with Gasteiger partial charge in [0.1, 0.15) is 6.04 Å². The Kier molecular flexibility index (Phi) is 5.75. The van der Waals surface area contributed by atoms with Crippen molar-refractivity contribution in [2.75, 3.05) is 0 Å². The fourth-order valence-electron chi connectivity index (χ4n) is 1.64. The third-order valence-corrected chi connectivity index (χ3v) is 2.74. The van der Waals surface area contributed by atoms with Gasteiger partial charge in [0, 0.05) is 0 Å². The van der Waals surface area contributed by atoms with Crippen molar-refractivity contribution in [1.29, 1.82) is 0 Å². The minimum Gasteiger partial charge on any atom is -0.481 e. The van der Waals surface area contributed by atoms with Gasteiger partial charge in [-0.2, -0.15) is 0 Å². The Labute approximate surface area is 111 Å². The molecule has 0 aliphatic rings. The Hall–Kier alpha value is -2.14. The van der Waals surface area contributed by atoms with Gasteiger partial charge in [-0.15, -0.1) is 0 Å². The van der Waals surface area contributed by atoms with Crippen LogP contribution in [-0.2, 0) is 9.59 Å². The number of rotatable bonds is 7. The van der Waals surface area contributed by atoms with Crippen LogP contribution in [0.15, 0.2) is 36.4 Å². The Morgan fingerprint density at radius 3 is 2.32 bits per heavy atom. The number of carboxylic acid groups (broad SMARTS) is 2. The molecule has 102 valence electrons. The van der Waals surface area contributed by atoms with E-state index in [1.165, 1.54) is 0 Å². The summed E-state index contributed by atoms with van der Waals surface area (Å²) in [5.41, 5.74) is 6.32. The highest BCUT2D eigenvalue weighted by Crippen LogP contribution is 2.13. The van der Waals surface area contributed by atoms with Crippen LogP contribution in [0.3, 0.4) is 0 Å². The number of hydrogen-bond acceptors (Lipinski definition) is 3. The van der Waals surface area contributed by atoms with Gasteiger partial charge in [0.05, 0.1) is 5.92 Å². The van der Waals surface area contributed by atoms with Crippen LogP contribution in [0.2, 0.25) is 0 Å². The highest BCUT2D eigenvalue weighted by Gasteiger charge is 2.23. The van der Waals surface area contributed by atoms with Crippen molar-refractivity contribution in [3.63, 3.8) is 0 Å². The molecule has 4 N–H and O–H groups in total. The average Bonchev–Trinajstić information content (AvgIpc) is 2.38. The predicted molar refractivity (Wildman–Crippen MR) is 71.4 cm³/mol. The molecule has 0 amide bonds. The summed E-state index contributed by atoms with van der Waals surface area (Å²) in [4.78, 5) is 21.6. The van der Waals surface area contributed by atoms with Gasteiger partial charge in [0.25, 0.3) is 0 Å². The lowest BCUT2D eigenvalue weighted by Gasteiger charge is -2.12. The topological polar surface area (TPSA) is 101 Å². The fraction of sp³-hybridized carbons (Fsp3) is 0.286. The van der Waals surface area contributed by atoms with Crippen molar-refractivity contribution in [2.45, 2.75) is 18.9 Å². The first-order valence-corrected chi connectivity index (χ1v) is 5.93. The van der Waals surface area contributed by atoms with E-state index in [-0.39, 0.29) is 12.8 Å². The van der Waals surface area contributed by atoms with E-state index in [1.807, 2.05) is 36.4 Å². The maximum Gasteiger partial charge on any atom is 0.320 e. The van der Waals surface area contributed by atoms with Gasteiger partial charge in [0.15, 0.2) is 0 Å². The molecule has 0 bridgehead atoms. The molecular weight excluding hydrogens is 246 g/mol. The summed E-state index contributed by atoms with van der Waals surface area (Å²) < 4.78 is 0. The second-order valence-electron chi connectivity index (χ2n) is 4.26. The molecule has 0 radical (unpaired) electrons. The number of hydrogen-bond donors (Lipinski definition) is 3. The second-order valence-corrected chi connectivity index (χ2v) is 4.26. The standard InChI is InChI=1S/C14H17NO4/c15-12(14(18)19)9-11(13(16)17)8-4-7-10-5-2-1-3-6-10/h1-7,11-12H,8-9,15H2,(H,16,17)(H,18,19)/b7-4+/t11?,12-/m0/s1. The smallest absolute Gasteiger partial charge is 0.320 e. The first-order valence-electron chi connectivity index (χ1n) is 5.93. The first kappa shape index (κ1) is 14.9. The number of benzene rings is 1. The SMILES string of the molecule is N[C@@H](CC(C/C=C/c1ccccc1)C(=O)O)C(=O)O. The molecule has 2 atom stereocenters. The normalized spacial score (nSPS) is 14.2. The predicted octanol–water partition coefficient (Wildman–Crippen LogP) is 1.59. The van der Waals surface area contributed by atoms with Crippen LogP contribution in [0.4, 0.5) is 0 Å². The van der Waals surface area contributed by atoms with E-state index in [4.69, 9.17) is 15.9 Å². The van der Waals surface area contributed by atoms with Crippen LogP contribution >= 0.6 is 0 Å². The van der Waals surface area contributed by atoms with Gasteiger partial charge in [-0.3, -0.25) is 9.59 Å². The lowest BCUT2D eigenvalue weighted by atomic mass is 9.96. The highest BCUT2D eigenvalue weighted by molar-refractivity contribution is 5.76. The molecule has 0 fully saturated rings. The summed E-state index contributed by atoms with van der Waals surface area (Å²) in [6.45, 7) is 0. The van der Waals surface area contributed by atoms with E-state index < -0.39 is 23.9 Å². The molecule has 5 nitrogen and oxygen atoms in total. The van der Waals surface area contributed by atoms with Crippen LogP contribution in [0.25, 0.3) is 6.08 Å². The van der Waals surface area contributed by atoms with E-state index in [9.17, 15) is 9.59 Å². The van der Waals surface area contributed by atoms with E-state index >= 15 is 0 Å². The van der Waals surface area contributed by atoms with Gasteiger partial charge in [0.2, 0.25) is 0 Å². The molecule has 0 saturated carbocycles. The van der Waals surface area contributed by atoms with Crippen molar-refractivity contribution >= 4 is 18.0 Å². The molecule has 1 rings (SSSR count). The molecule has 1 aromatic rings. The number of allylic oxidation sites excluding steroid dienone is 1. The van der Waals surface area contributed by atoms with Crippen molar-refractivity contribution in [3.05, 3.63) is 42.0 Å². The van der Waals surface area contributed by atoms with Crippen LogP contribution in [0.5, 0.6) is 0 Å². The van der Waals surface area contributed by atoms with E-state index in [2.05, 4.69) is 0 Å². The van der Waals surface area contributed by atoms with Gasteiger partial charge in [-0.1, -0.05) is 42.5 Å². The first-order chi connectivity index (χ1) is 9.00. The van der Waals surface area contributed by atoms with Crippen LogP contribution < -0.4 is 5.73 Å². The molecule has 1 unspecified atom stereocenters. The number of aliphatic carboxylic acids is 2. The zero-order valence-corrected chi connectivity index (χ0v) is 10.4. The van der Waals surface area contributed by atoms with Gasteiger partial charge >= 0.3 is 11.9 Å². The van der Waals surface area contributed by atoms with E-state index in [0.29, 0.717) is 0 Å². The Balaban J connectivity index is 2.57. The number of carbonyl (C=O) groups is 2. The summed E-state index contributed by atoms with van der Waals surface area (Å²) in [6, 6.07) is 8.31. The molecule has 5 heteroatoms. The molecule has 0 heterocycles. The van der Waals surface area contributed by atoms with Crippen molar-refractivity contribution < 1.29 is 19.8 Å². The Morgan fingerprint density at radius 2 is 1.79 bits per heavy atom. The molecule has 1 aromatic carbocycles. The molecule has 0 aliphatic carbocycles. The monoisotopic (exact) mass is 263 g/mol. The van der Waals surface area contributed by atoms with Gasteiger partial charge in [-0.05, 0) is 18.4 Å². The third kappa shape index (κ3) is 5.35. The lowest BCUT2D eigenvalue weighted by Crippen LogP contribution is -2.34. The number of carboxylic acids is 2. The van der Waals surface area contributed by atoms with Crippen molar-refractivity contribution in [1.82, 2.24) is 0 Å². The average molecular weight is 263 g/mol. The summed E-state index contributed by atoms with van der Waals surface area (Å²) in [5.74, 6) is -3.00. The summed E-state index contributed by atoms with van der Waals surface area (Å²) >= 11 is 0. The maximum absolute atomic E-state index is 11.0. The Bertz CT molecular complexity index is 456. The third-order valence-electron chi connectivity index (χ3n) is 2.74. The van der Waals surface area contributed by atoms with Crippen LogP contribution in [-0.4, -0.2) is 28.2 Å². The minimum atomic E-state index is -1.18. The molecular formula is C14H17NO4. The molecule has 0 aromatic heterocycles. The molecule has 0 spiro atoms. The van der Waals surface area contributed by atoms with Crippen LogP contribution in [0, 0.1) is 5.92 Å². The lowest BCUT2D eigenvalue weighted by molar-refractivity contribution is -0.143. The quantitative estimate of drug-likeness (QED) is 0.693. The molecule has 19 heavy (non-hydrogen) atoms. The zero-order valence-electron chi connectivity index (χ0n) is 10.4. The number of nitrogens with two attached hydrogens (primary N) is 1. The van der Waals surface area contributed by atoms with Crippen molar-refractivity contribution in [2.24, 2.45) is 11.7 Å². The molecule has 0 aliphatic heterocycles. The van der Waals surface area contributed by atoms with E-state index in [0.717, 1.165) is 5.56 Å². The largest absolute Gasteiger partial charge is 0.481 e. The summed E-state index contributed by atoms with van der Waals surface area (Å²) in [5, 5.41) is 17.7. The summed E-state index contributed by atoms with van der Waals surface area (Å²) in [6.07, 6.45) is 3.71.